The molecule has 4 N–H and O–H groups in total. The molecule has 2 atom stereocenters. The zero-order valence-electron chi connectivity index (χ0n) is 46.8. The number of carboxylic acid groups (broad SMARTS) is 2. The minimum absolute atomic E-state index is 0. The zero-order chi connectivity index (χ0) is 55.5. The molecule has 0 bridgehead atoms. The van der Waals surface area contributed by atoms with Crippen LogP contribution in [0.25, 0.3) is 23.1 Å². The number of rotatable bonds is 22. The van der Waals surface area contributed by atoms with Crippen molar-refractivity contribution in [3.05, 3.63) is 219 Å². The first kappa shape index (κ1) is 64.3. The molecule has 2 fully saturated rings. The number of aliphatic carboxylic acids is 2. The maximum atomic E-state index is 12.1. The number of carboxylic acids is 2. The third-order valence-corrected chi connectivity index (χ3v) is 17.9. The van der Waals surface area contributed by atoms with Crippen molar-refractivity contribution in [2.75, 3.05) is 25.4 Å². The summed E-state index contributed by atoms with van der Waals surface area (Å²) in [7, 11) is 0. The Morgan fingerprint density at radius 1 is 0.762 bits per heavy atom. The Labute approximate surface area is 510 Å². The van der Waals surface area contributed by atoms with Gasteiger partial charge in [0.15, 0.2) is 0 Å². The second-order valence-electron chi connectivity index (χ2n) is 22.5. The molecule has 13 heteroatoms. The van der Waals surface area contributed by atoms with Crippen molar-refractivity contribution in [2.24, 2.45) is 11.3 Å². The Morgan fingerprint density at radius 3 is 2.00 bits per heavy atom. The fraction of sp³-hybridized carbons (Fsp3) is 0.358. The fourth-order valence-corrected chi connectivity index (χ4v) is 12.6. The van der Waals surface area contributed by atoms with Crippen LogP contribution < -0.4 is 34.7 Å². The second-order valence-corrected chi connectivity index (χ2v) is 24.1. The van der Waals surface area contributed by atoms with Gasteiger partial charge in [0, 0.05) is 21.6 Å². The molecule has 1 aliphatic carbocycles. The van der Waals surface area contributed by atoms with E-state index in [0.717, 1.165) is 126 Å². The summed E-state index contributed by atoms with van der Waals surface area (Å²) in [5.74, 6) is -0.902. The average molecular weight is 1150 g/mol. The van der Waals surface area contributed by atoms with Gasteiger partial charge in [0.2, 0.25) is 0 Å². The van der Waals surface area contributed by atoms with Crippen molar-refractivity contribution >= 4 is 70.8 Å². The summed E-state index contributed by atoms with van der Waals surface area (Å²) in [6.45, 7) is 9.76. The average Bonchev–Trinajstić information content (AvgIpc) is 4.29. The number of piperidine rings is 1. The summed E-state index contributed by atoms with van der Waals surface area (Å²) < 4.78 is 0. The molecule has 9 rings (SSSR count). The number of benzene rings is 6. The summed E-state index contributed by atoms with van der Waals surface area (Å²) in [6, 6.07) is 53.7. The Morgan fingerprint density at radius 2 is 1.39 bits per heavy atom. The van der Waals surface area contributed by atoms with E-state index in [1.807, 2.05) is 153 Å². The molecule has 1 aromatic heterocycles. The van der Waals surface area contributed by atoms with Gasteiger partial charge in [-0.05, 0) is 191 Å². The number of thioether (sulfide) groups is 1. The number of hydrogen-bond donors (Lipinski definition) is 4. The van der Waals surface area contributed by atoms with E-state index >= 15 is 0 Å². The summed E-state index contributed by atoms with van der Waals surface area (Å²) in [4.78, 5) is 30.0. The molecule has 1 saturated carbocycles. The minimum atomic E-state index is -1.01. The van der Waals surface area contributed by atoms with Crippen LogP contribution in [0.5, 0.6) is 0 Å². The molecule has 1 aliphatic heterocycles. The first-order chi connectivity index (χ1) is 37.3. The van der Waals surface area contributed by atoms with Crippen molar-refractivity contribution in [1.82, 2.24) is 9.88 Å². The molecule has 7 aromatic rings. The standard InChI is InChI=1S/C35H36ClNO3S.C32H39NO4.ClH.Na/c1-34(2,40)30-9-4-3-7-25(30)13-17-32(41-23-35(18-19-35)22-33(38)39)27-8-5-6-24(20-27)10-15-29-16-12-26-11-14-28(36)21-31(26)37-29;1-31(2,30(35)36)25-17-15-24(16-18-25)29(34)14-9-21-33-22-19-28(20-23-33)32(37,26-10-5-3-6-11-26)27-12-7-4-8-13-27;;/h3-12,14-16,20-21,32,40H,13,17-19,22-23H2,1-2H3,(H,38,39);3-8,10-13,15-18,28-29,34,37H,9,14,19-23H2,1-2H3,(H,35,36);1H;/q;;;+1/p-1/b15-10+;;;/t32-;;;/m1.../s1. The van der Waals surface area contributed by atoms with Crippen LogP contribution in [0.1, 0.15) is 141 Å². The fourth-order valence-electron chi connectivity index (χ4n) is 10.9. The molecule has 2 heterocycles. The Bertz CT molecular complexity index is 3100. The van der Waals surface area contributed by atoms with E-state index in [1.165, 1.54) is 5.56 Å². The summed E-state index contributed by atoms with van der Waals surface area (Å²) in [6.07, 6.45) is 10.6. The third-order valence-electron chi connectivity index (χ3n) is 15.9. The van der Waals surface area contributed by atoms with Crippen LogP contribution in [0, 0.1) is 11.3 Å². The Hall–Kier alpha value is -4.82. The van der Waals surface area contributed by atoms with Crippen LogP contribution in [-0.2, 0) is 32.6 Å². The maximum Gasteiger partial charge on any atom is 1.00 e. The number of aryl methyl sites for hydroxylation is 1. The molecule has 2 aliphatic rings. The largest absolute Gasteiger partial charge is 1.00 e. The summed E-state index contributed by atoms with van der Waals surface area (Å²) >= 11 is 8.01. The van der Waals surface area contributed by atoms with Gasteiger partial charge in [-0.15, -0.1) is 12.4 Å². The zero-order valence-corrected chi connectivity index (χ0v) is 51.2. The van der Waals surface area contributed by atoms with Crippen molar-refractivity contribution in [1.29, 1.82) is 0 Å². The van der Waals surface area contributed by atoms with E-state index in [2.05, 4.69) is 41.3 Å². The van der Waals surface area contributed by atoms with E-state index in [1.54, 1.807) is 26.0 Å². The predicted octanol–water partition coefficient (Wildman–Crippen LogP) is 10.5. The van der Waals surface area contributed by atoms with E-state index < -0.39 is 34.7 Å². The van der Waals surface area contributed by atoms with Gasteiger partial charge in [-0.3, -0.25) is 4.79 Å². The molecular weight excluding hydrogens is 1070 g/mol. The number of halogens is 2. The predicted molar refractivity (Wildman–Crippen MR) is 322 cm³/mol. The van der Waals surface area contributed by atoms with Gasteiger partial charge in [-0.2, -0.15) is 11.8 Å². The molecule has 0 spiro atoms. The number of aromatic nitrogens is 1. The SMILES string of the molecule is CC(C)(C(=O)O)c1ccc(C(O)CCCN2CCC(C(O)(c3ccccc3)c3ccccc3)CC2)cc1.CC(C)(O)c1ccccc1CC[C@@H](SCC1(CC(=O)[O-])CC1)c1cccc(/C=C/c2ccc3ccc(Cl)cc3n2)c1.Cl.[Na+]. The van der Waals surface area contributed by atoms with Crippen LogP contribution in [0.2, 0.25) is 5.02 Å². The van der Waals surface area contributed by atoms with Gasteiger partial charge in [0.05, 0.1) is 28.3 Å². The van der Waals surface area contributed by atoms with Crippen molar-refractivity contribution in [3.63, 3.8) is 0 Å². The van der Waals surface area contributed by atoms with Crippen molar-refractivity contribution in [2.45, 2.75) is 113 Å². The molecule has 416 valence electrons. The van der Waals surface area contributed by atoms with Gasteiger partial charge in [0.25, 0.3) is 0 Å². The number of nitrogens with zero attached hydrogens (tertiary/aromatic N) is 2. The van der Waals surface area contributed by atoms with Gasteiger partial charge in [-0.25, -0.2) is 4.98 Å². The van der Waals surface area contributed by atoms with Gasteiger partial charge in [-0.1, -0.05) is 163 Å². The molecule has 6 aromatic carbocycles. The molecular formula is C67H75Cl2N2NaO7S. The van der Waals surface area contributed by atoms with Crippen LogP contribution in [0.4, 0.5) is 0 Å². The van der Waals surface area contributed by atoms with Crippen molar-refractivity contribution in [3.8, 4) is 0 Å². The summed E-state index contributed by atoms with van der Waals surface area (Å²) in [5.41, 5.74) is 6.50. The molecule has 0 radical (unpaired) electrons. The van der Waals surface area contributed by atoms with Gasteiger partial charge < -0.3 is 35.2 Å². The van der Waals surface area contributed by atoms with Crippen molar-refractivity contribution < 1.29 is 64.7 Å². The number of aliphatic hydroxyl groups is 3. The summed E-state index contributed by atoms with van der Waals surface area (Å²) in [5, 5.41) is 56.2. The number of likely N-dealkylation sites (tertiary alicyclic amines) is 1. The first-order valence-corrected chi connectivity index (χ1v) is 28.8. The third kappa shape index (κ3) is 16.9. The van der Waals surface area contributed by atoms with Crippen LogP contribution in [-0.4, -0.2) is 67.6 Å². The smallest absolute Gasteiger partial charge is 0.550 e. The van der Waals surface area contributed by atoms with Gasteiger partial charge in [0.1, 0.15) is 5.60 Å². The minimum Gasteiger partial charge on any atom is -0.550 e. The van der Waals surface area contributed by atoms with Crippen LogP contribution in [0.15, 0.2) is 164 Å². The van der Waals surface area contributed by atoms with Crippen LogP contribution >= 0.6 is 35.8 Å². The van der Waals surface area contributed by atoms with E-state index in [9.17, 15) is 35.1 Å². The van der Waals surface area contributed by atoms with E-state index in [4.69, 9.17) is 16.6 Å². The number of carbonyl (C=O) groups is 2. The molecule has 0 amide bonds. The maximum absolute atomic E-state index is 12.1. The second kappa shape index (κ2) is 28.9. The Balaban J connectivity index is 0.000000253. The number of pyridine rings is 1. The number of carbonyl (C=O) groups excluding carboxylic acids is 1. The number of aliphatic hydroxyl groups excluding tert-OH is 1. The number of fused-ring (bicyclic) bond motifs is 1. The quantitative estimate of drug-likeness (QED) is 0.0482. The van der Waals surface area contributed by atoms with Gasteiger partial charge >= 0.3 is 35.5 Å². The van der Waals surface area contributed by atoms with Crippen LogP contribution in [0.3, 0.4) is 0 Å². The first-order valence-electron chi connectivity index (χ1n) is 27.4. The number of hydrogen-bond acceptors (Lipinski definition) is 9. The Kier molecular flexibility index (Phi) is 23.3. The molecule has 80 heavy (non-hydrogen) atoms. The molecule has 1 saturated heterocycles. The normalized spacial score (nSPS) is 15.4. The monoisotopic (exact) mass is 1140 g/mol. The van der Waals surface area contributed by atoms with E-state index in [-0.39, 0.29) is 65.0 Å². The topological polar surface area (TPSA) is 154 Å². The molecule has 1 unspecified atom stereocenters. The molecule has 9 nitrogen and oxygen atoms in total. The van der Waals surface area contributed by atoms with E-state index in [0.29, 0.717) is 11.4 Å².